The Morgan fingerprint density at radius 3 is 2.73 bits per heavy atom. The van der Waals surface area contributed by atoms with Gasteiger partial charge in [0.15, 0.2) is 0 Å². The quantitative estimate of drug-likeness (QED) is 0.484. The molecular weight excluding hydrogens is 442 g/mol. The van der Waals surface area contributed by atoms with Gasteiger partial charge in [-0.1, -0.05) is 35.0 Å². The van der Waals surface area contributed by atoms with Crippen LogP contribution in [-0.2, 0) is 27.7 Å². The number of fused-ring (bicyclic) bond motifs is 1. The lowest BCUT2D eigenvalue weighted by Crippen LogP contribution is -2.45. The number of nitrogens with zero attached hydrogens (tertiary/aromatic N) is 3. The van der Waals surface area contributed by atoms with Gasteiger partial charge in [-0.2, -0.15) is 4.72 Å². The molecular formula is C23H25N5O4S. The smallest absolute Gasteiger partial charge is 0.241 e. The summed E-state index contributed by atoms with van der Waals surface area (Å²) in [6.45, 7) is 1.85. The highest BCUT2D eigenvalue weighted by Crippen LogP contribution is 2.32. The van der Waals surface area contributed by atoms with E-state index in [1.54, 1.807) is 29.1 Å². The van der Waals surface area contributed by atoms with E-state index < -0.39 is 22.0 Å². The molecule has 2 atom stereocenters. The average Bonchev–Trinajstić information content (AvgIpc) is 3.26. The number of sulfonamides is 1. The first-order valence-electron chi connectivity index (χ1n) is 10.6. The van der Waals surface area contributed by atoms with Crippen molar-refractivity contribution in [3.63, 3.8) is 0 Å². The zero-order chi connectivity index (χ0) is 23.6. The summed E-state index contributed by atoms with van der Waals surface area (Å²) in [5, 5.41) is 8.37. The van der Waals surface area contributed by atoms with E-state index in [1.807, 2.05) is 19.1 Å². The number of hydrogen-bond donors (Lipinski definition) is 2. The molecule has 0 aliphatic heterocycles. The van der Waals surface area contributed by atoms with Crippen LogP contribution in [0.2, 0.25) is 0 Å². The molecule has 10 heteroatoms. The zero-order valence-corrected chi connectivity index (χ0v) is 19.0. The first-order chi connectivity index (χ1) is 15.8. The number of amides is 1. The van der Waals surface area contributed by atoms with Crippen molar-refractivity contribution in [2.75, 3.05) is 0 Å². The number of nitrogens with one attached hydrogen (secondary N) is 1. The van der Waals surface area contributed by atoms with Crippen LogP contribution in [0.4, 0.5) is 0 Å². The highest BCUT2D eigenvalue weighted by Gasteiger charge is 2.27. The van der Waals surface area contributed by atoms with E-state index in [4.69, 9.17) is 5.73 Å². The van der Waals surface area contributed by atoms with Gasteiger partial charge in [-0.15, -0.1) is 5.10 Å². The third kappa shape index (κ3) is 5.01. The molecule has 3 N–H and O–H groups in total. The Hall–Kier alpha value is -3.37. The predicted octanol–water partition coefficient (Wildman–Crippen LogP) is 1.70. The summed E-state index contributed by atoms with van der Waals surface area (Å²) in [6, 6.07) is 10.7. The molecule has 1 aromatic heterocycles. The van der Waals surface area contributed by atoms with Gasteiger partial charge in [0.2, 0.25) is 15.9 Å². The summed E-state index contributed by atoms with van der Waals surface area (Å²) >= 11 is 0. The zero-order valence-electron chi connectivity index (χ0n) is 18.1. The molecule has 3 aromatic rings. The molecule has 33 heavy (non-hydrogen) atoms. The minimum Gasteiger partial charge on any atom is -0.368 e. The van der Waals surface area contributed by atoms with Gasteiger partial charge in [-0.25, -0.2) is 13.1 Å². The summed E-state index contributed by atoms with van der Waals surface area (Å²) in [5.41, 5.74) is 9.67. The number of aromatic nitrogens is 3. The Morgan fingerprint density at radius 2 is 2.03 bits per heavy atom. The van der Waals surface area contributed by atoms with Crippen LogP contribution in [0.15, 0.2) is 53.6 Å². The Balaban J connectivity index is 1.53. The summed E-state index contributed by atoms with van der Waals surface area (Å²) < 4.78 is 29.5. The van der Waals surface area contributed by atoms with Crippen LogP contribution in [0.25, 0.3) is 0 Å². The van der Waals surface area contributed by atoms with Gasteiger partial charge in [-0.05, 0) is 55.5 Å². The molecule has 172 valence electrons. The molecule has 0 saturated heterocycles. The molecule has 0 radical (unpaired) electrons. The highest BCUT2D eigenvalue weighted by atomic mass is 32.2. The predicted molar refractivity (Wildman–Crippen MR) is 121 cm³/mol. The van der Waals surface area contributed by atoms with Crippen LogP contribution < -0.4 is 10.5 Å². The summed E-state index contributed by atoms with van der Waals surface area (Å²) in [5.74, 6) is -0.801. The first kappa shape index (κ1) is 22.8. The second-order valence-electron chi connectivity index (χ2n) is 8.27. The van der Waals surface area contributed by atoms with Crippen molar-refractivity contribution in [2.45, 2.75) is 49.6 Å². The van der Waals surface area contributed by atoms with Gasteiger partial charge in [0.25, 0.3) is 0 Å². The number of aldehydes is 1. The van der Waals surface area contributed by atoms with Crippen LogP contribution in [-0.4, -0.2) is 41.6 Å². The molecule has 0 bridgehead atoms. The van der Waals surface area contributed by atoms with Crippen LogP contribution in [0, 0.1) is 6.92 Å². The van der Waals surface area contributed by atoms with Crippen LogP contribution in [0.5, 0.6) is 0 Å². The fraction of sp³-hybridized carbons (Fsp3) is 0.304. The van der Waals surface area contributed by atoms with Gasteiger partial charge in [-0.3, -0.25) is 9.59 Å². The third-order valence-corrected chi connectivity index (χ3v) is 7.34. The van der Waals surface area contributed by atoms with E-state index in [2.05, 4.69) is 15.0 Å². The SMILES string of the molecule is Cc1ccc(S(=O)(=O)N[C@H](Cc2cn([C@@H]3CCCc4cc(C=O)ccc43)nn2)C(N)=O)cc1. The van der Waals surface area contributed by atoms with Gasteiger partial charge >= 0.3 is 0 Å². The largest absolute Gasteiger partial charge is 0.368 e. The number of nitrogens with two attached hydrogens (primary N) is 1. The maximum atomic E-state index is 12.7. The van der Waals surface area contributed by atoms with Crippen molar-refractivity contribution in [2.24, 2.45) is 5.73 Å². The molecule has 1 heterocycles. The van der Waals surface area contributed by atoms with Crippen LogP contribution >= 0.6 is 0 Å². The molecule has 9 nitrogen and oxygen atoms in total. The molecule has 1 aliphatic carbocycles. The van der Waals surface area contributed by atoms with E-state index in [0.717, 1.165) is 42.2 Å². The molecule has 1 amide bonds. The molecule has 2 aromatic carbocycles. The Kier molecular flexibility index (Phi) is 6.39. The summed E-state index contributed by atoms with van der Waals surface area (Å²) in [7, 11) is -3.94. The van der Waals surface area contributed by atoms with Crippen LogP contribution in [0.1, 0.15) is 51.6 Å². The van der Waals surface area contributed by atoms with Gasteiger partial charge in [0.1, 0.15) is 12.3 Å². The van der Waals surface area contributed by atoms with Crippen molar-refractivity contribution in [3.8, 4) is 0 Å². The Labute approximate surface area is 192 Å². The number of benzene rings is 2. The van der Waals surface area contributed by atoms with Gasteiger partial charge < -0.3 is 5.73 Å². The van der Waals surface area contributed by atoms with Crippen LogP contribution in [0.3, 0.4) is 0 Å². The van der Waals surface area contributed by atoms with Crippen molar-refractivity contribution in [1.82, 2.24) is 19.7 Å². The number of primary amides is 1. The maximum absolute atomic E-state index is 12.7. The van der Waals surface area contributed by atoms with E-state index in [-0.39, 0.29) is 17.4 Å². The molecule has 0 saturated carbocycles. The van der Waals surface area contributed by atoms with Gasteiger partial charge in [0, 0.05) is 18.2 Å². The molecule has 0 unspecified atom stereocenters. The van der Waals surface area contributed by atoms with Crippen molar-refractivity contribution in [3.05, 3.63) is 76.6 Å². The number of rotatable bonds is 8. The standard InChI is InChI=1S/C23H25N5O4S/c1-15-5-8-19(9-6-15)33(31,32)26-21(23(24)30)12-18-13-28(27-25-18)22-4-2-3-17-11-16(14-29)7-10-20(17)22/h5-11,13-14,21-22,26H,2-4,12H2,1H3,(H2,24,30)/t21-,22-/m1/s1. The fourth-order valence-electron chi connectivity index (χ4n) is 4.10. The Morgan fingerprint density at radius 1 is 1.27 bits per heavy atom. The number of aryl methyl sites for hydroxylation is 2. The minimum atomic E-state index is -3.94. The maximum Gasteiger partial charge on any atom is 0.241 e. The minimum absolute atomic E-state index is 0.0237. The third-order valence-electron chi connectivity index (χ3n) is 5.85. The first-order valence-corrected chi connectivity index (χ1v) is 12.1. The fourth-order valence-corrected chi connectivity index (χ4v) is 5.30. The summed E-state index contributed by atoms with van der Waals surface area (Å²) in [6.07, 6.45) is 5.21. The number of carbonyl (C=O) groups excluding carboxylic acids is 2. The molecule has 1 aliphatic rings. The van der Waals surface area contributed by atoms with Crippen molar-refractivity contribution >= 4 is 22.2 Å². The summed E-state index contributed by atoms with van der Waals surface area (Å²) in [4.78, 5) is 23.2. The van der Waals surface area contributed by atoms with E-state index in [0.29, 0.717) is 11.3 Å². The number of carbonyl (C=O) groups is 2. The van der Waals surface area contributed by atoms with Crippen molar-refractivity contribution < 1.29 is 18.0 Å². The van der Waals surface area contributed by atoms with E-state index >= 15 is 0 Å². The van der Waals surface area contributed by atoms with E-state index in [9.17, 15) is 18.0 Å². The van der Waals surface area contributed by atoms with E-state index in [1.165, 1.54) is 12.1 Å². The lowest BCUT2D eigenvalue weighted by molar-refractivity contribution is -0.119. The van der Waals surface area contributed by atoms with Crippen molar-refractivity contribution in [1.29, 1.82) is 0 Å². The molecule has 4 rings (SSSR count). The topological polar surface area (TPSA) is 137 Å². The average molecular weight is 468 g/mol. The normalized spacial score (nSPS) is 16.7. The second-order valence-corrected chi connectivity index (χ2v) is 9.98. The lowest BCUT2D eigenvalue weighted by Gasteiger charge is -2.25. The molecule has 0 spiro atoms. The molecule has 0 fully saturated rings. The lowest BCUT2D eigenvalue weighted by atomic mass is 9.87. The van der Waals surface area contributed by atoms with Gasteiger partial charge in [0.05, 0.1) is 16.6 Å². The number of hydrogen-bond acceptors (Lipinski definition) is 6. The highest BCUT2D eigenvalue weighted by molar-refractivity contribution is 7.89. The second kappa shape index (κ2) is 9.24. The Bertz CT molecular complexity index is 1280. The monoisotopic (exact) mass is 467 g/mol.